The van der Waals surface area contributed by atoms with Gasteiger partial charge in [-0.15, -0.1) is 0 Å². The fraction of sp³-hybridized carbons (Fsp3) is 0.424. The lowest BCUT2D eigenvalue weighted by Gasteiger charge is -2.25. The highest BCUT2D eigenvalue weighted by molar-refractivity contribution is 5.98. The Morgan fingerprint density at radius 2 is 1.73 bits per heavy atom. The molecule has 11 heteroatoms. The van der Waals surface area contributed by atoms with E-state index in [1.807, 2.05) is 30.3 Å². The molecule has 2 aliphatic rings. The van der Waals surface area contributed by atoms with E-state index in [9.17, 15) is 32.7 Å². The first-order valence-corrected chi connectivity index (χ1v) is 15.2. The number of nitrogens with zero attached hydrogens (tertiary/aromatic N) is 2. The van der Waals surface area contributed by atoms with Crippen molar-refractivity contribution >= 4 is 17.5 Å². The fourth-order valence-corrected chi connectivity index (χ4v) is 6.12. The van der Waals surface area contributed by atoms with Crippen LogP contribution in [0.1, 0.15) is 71.6 Å². The molecule has 1 saturated heterocycles. The summed E-state index contributed by atoms with van der Waals surface area (Å²) in [6, 6.07) is 15.1. The number of alkyl halides is 3. The summed E-state index contributed by atoms with van der Waals surface area (Å²) in [5.41, 5.74) is 0.759. The third kappa shape index (κ3) is 7.57. The van der Waals surface area contributed by atoms with Crippen LogP contribution in [-0.4, -0.2) is 46.7 Å². The average Bonchev–Trinajstić information content (AvgIpc) is 3.69. The van der Waals surface area contributed by atoms with Gasteiger partial charge in [0.2, 0.25) is 5.91 Å². The van der Waals surface area contributed by atoms with Crippen molar-refractivity contribution in [3.8, 4) is 0 Å². The molecule has 0 bridgehead atoms. The van der Waals surface area contributed by atoms with E-state index in [-0.39, 0.29) is 41.8 Å². The molecule has 44 heavy (non-hydrogen) atoms. The Hall–Kier alpha value is -3.96. The van der Waals surface area contributed by atoms with Gasteiger partial charge in [0.25, 0.3) is 11.5 Å². The summed E-state index contributed by atoms with van der Waals surface area (Å²) < 4.78 is 41.0. The SMILES string of the molecule is O=C(N[C@@H](Cc1ccccc1)[C@H](O)C[NH2+]Cc1cccc(C(F)(F)F)c1)c1cc(N2CCCC2=O)c(=O)n(C2CCCC2)c1. The summed E-state index contributed by atoms with van der Waals surface area (Å²) in [6.07, 6.45) is 0.969. The minimum Gasteiger partial charge on any atom is -0.385 e. The highest BCUT2D eigenvalue weighted by atomic mass is 19.4. The molecule has 2 amide bonds. The second kappa shape index (κ2) is 13.8. The molecule has 2 fully saturated rings. The number of rotatable bonds is 11. The van der Waals surface area contributed by atoms with Gasteiger partial charge >= 0.3 is 6.18 Å². The lowest BCUT2D eigenvalue weighted by molar-refractivity contribution is -0.676. The van der Waals surface area contributed by atoms with Crippen LogP contribution in [0, 0.1) is 0 Å². The van der Waals surface area contributed by atoms with Crippen LogP contribution in [0.15, 0.2) is 71.7 Å². The number of carbonyl (C=O) groups is 2. The minimum atomic E-state index is -4.44. The number of pyridine rings is 1. The Morgan fingerprint density at radius 3 is 2.41 bits per heavy atom. The largest absolute Gasteiger partial charge is 0.416 e. The molecule has 2 aromatic carbocycles. The molecule has 2 heterocycles. The molecule has 0 spiro atoms. The van der Waals surface area contributed by atoms with E-state index in [2.05, 4.69) is 5.32 Å². The molecule has 1 aromatic heterocycles. The molecule has 234 valence electrons. The number of carbonyl (C=O) groups excluding carboxylic acids is 2. The van der Waals surface area contributed by atoms with Crippen molar-refractivity contribution in [1.29, 1.82) is 0 Å². The predicted molar refractivity (Wildman–Crippen MR) is 159 cm³/mol. The number of nitrogens with one attached hydrogen (secondary N) is 1. The summed E-state index contributed by atoms with van der Waals surface area (Å²) in [4.78, 5) is 41.3. The maximum Gasteiger partial charge on any atom is 0.416 e. The summed E-state index contributed by atoms with van der Waals surface area (Å²) in [5, 5.41) is 15.9. The number of anilines is 1. The summed E-state index contributed by atoms with van der Waals surface area (Å²) in [6.45, 7) is 0.760. The van der Waals surface area contributed by atoms with Gasteiger partial charge in [-0.2, -0.15) is 13.2 Å². The first-order chi connectivity index (χ1) is 21.1. The number of benzene rings is 2. The highest BCUT2D eigenvalue weighted by Gasteiger charge is 2.31. The summed E-state index contributed by atoms with van der Waals surface area (Å²) >= 11 is 0. The average molecular weight is 612 g/mol. The number of amides is 2. The number of quaternary nitrogens is 1. The van der Waals surface area contributed by atoms with Crippen molar-refractivity contribution in [2.45, 2.75) is 75.9 Å². The fourth-order valence-electron chi connectivity index (χ4n) is 6.12. The lowest BCUT2D eigenvalue weighted by atomic mass is 10.0. The lowest BCUT2D eigenvalue weighted by Crippen LogP contribution is -2.85. The molecule has 5 rings (SSSR count). The van der Waals surface area contributed by atoms with Gasteiger partial charge in [0.05, 0.1) is 17.2 Å². The molecule has 8 nitrogen and oxygen atoms in total. The molecule has 1 aliphatic carbocycles. The Morgan fingerprint density at radius 1 is 1.00 bits per heavy atom. The van der Waals surface area contributed by atoms with E-state index in [4.69, 9.17) is 0 Å². The van der Waals surface area contributed by atoms with E-state index in [0.717, 1.165) is 43.4 Å². The summed E-state index contributed by atoms with van der Waals surface area (Å²) in [7, 11) is 0. The number of aliphatic hydroxyl groups is 1. The first-order valence-electron chi connectivity index (χ1n) is 15.2. The number of halogens is 3. The molecule has 4 N–H and O–H groups in total. The van der Waals surface area contributed by atoms with Crippen molar-refractivity contribution in [2.75, 3.05) is 18.0 Å². The first kappa shape index (κ1) is 31.5. The highest BCUT2D eigenvalue weighted by Crippen LogP contribution is 2.30. The number of aliphatic hydroxyl groups excluding tert-OH is 1. The van der Waals surface area contributed by atoms with Crippen molar-refractivity contribution in [1.82, 2.24) is 9.88 Å². The Bertz CT molecular complexity index is 1520. The molecule has 1 saturated carbocycles. The smallest absolute Gasteiger partial charge is 0.385 e. The molecule has 3 aromatic rings. The number of nitrogens with two attached hydrogens (primary N) is 1. The molecule has 0 unspecified atom stereocenters. The van der Waals surface area contributed by atoms with Crippen LogP contribution >= 0.6 is 0 Å². The third-order valence-corrected chi connectivity index (χ3v) is 8.49. The van der Waals surface area contributed by atoms with E-state index in [1.54, 1.807) is 22.1 Å². The van der Waals surface area contributed by atoms with Gasteiger partial charge in [0, 0.05) is 30.8 Å². The van der Waals surface area contributed by atoms with Gasteiger partial charge in [0.15, 0.2) is 0 Å². The third-order valence-electron chi connectivity index (χ3n) is 8.49. The normalized spacial score (nSPS) is 17.2. The minimum absolute atomic E-state index is 0.0529. The van der Waals surface area contributed by atoms with Crippen molar-refractivity contribution in [3.63, 3.8) is 0 Å². The zero-order valence-corrected chi connectivity index (χ0v) is 24.4. The molecule has 0 radical (unpaired) electrons. The number of hydrogen-bond acceptors (Lipinski definition) is 4. The second-order valence-corrected chi connectivity index (χ2v) is 11.7. The van der Waals surface area contributed by atoms with Gasteiger partial charge < -0.3 is 25.2 Å². The quantitative estimate of drug-likeness (QED) is 0.308. The van der Waals surface area contributed by atoms with Gasteiger partial charge in [-0.05, 0) is 49.4 Å². The van der Waals surface area contributed by atoms with E-state index in [0.29, 0.717) is 31.4 Å². The van der Waals surface area contributed by atoms with Crippen LogP contribution in [0.2, 0.25) is 0 Å². The van der Waals surface area contributed by atoms with Crippen molar-refractivity contribution in [2.24, 2.45) is 0 Å². The van der Waals surface area contributed by atoms with Crippen LogP contribution in [-0.2, 0) is 23.9 Å². The van der Waals surface area contributed by atoms with Crippen molar-refractivity contribution < 1.29 is 33.2 Å². The molecular weight excluding hydrogens is 573 g/mol. The number of aromatic nitrogens is 1. The van der Waals surface area contributed by atoms with Gasteiger partial charge in [-0.1, -0.05) is 55.3 Å². The van der Waals surface area contributed by atoms with E-state index in [1.165, 1.54) is 17.0 Å². The Balaban J connectivity index is 1.36. The van der Waals surface area contributed by atoms with Crippen LogP contribution in [0.4, 0.5) is 18.9 Å². The predicted octanol–water partition coefficient (Wildman–Crippen LogP) is 3.57. The van der Waals surface area contributed by atoms with Gasteiger partial charge in [0.1, 0.15) is 24.9 Å². The monoisotopic (exact) mass is 611 g/mol. The maximum atomic E-state index is 13.7. The van der Waals surface area contributed by atoms with Crippen LogP contribution < -0.4 is 21.1 Å². The molecular formula is C33H38F3N4O4+. The van der Waals surface area contributed by atoms with Gasteiger partial charge in [-0.25, -0.2) is 0 Å². The zero-order chi connectivity index (χ0) is 31.3. The van der Waals surface area contributed by atoms with Gasteiger partial charge in [-0.3, -0.25) is 14.4 Å². The molecule has 2 atom stereocenters. The maximum absolute atomic E-state index is 13.7. The summed E-state index contributed by atoms with van der Waals surface area (Å²) in [5.74, 6) is -0.631. The van der Waals surface area contributed by atoms with Crippen LogP contribution in [0.25, 0.3) is 0 Å². The van der Waals surface area contributed by atoms with Crippen LogP contribution in [0.3, 0.4) is 0 Å². The molecule has 1 aliphatic heterocycles. The van der Waals surface area contributed by atoms with E-state index < -0.39 is 29.8 Å². The van der Waals surface area contributed by atoms with Crippen molar-refractivity contribution in [3.05, 3.63) is 99.5 Å². The number of hydrogen-bond donors (Lipinski definition) is 3. The Kier molecular flexibility index (Phi) is 9.85. The van der Waals surface area contributed by atoms with E-state index >= 15 is 0 Å². The topological polar surface area (TPSA) is 108 Å². The standard InChI is InChI=1S/C33H37F3N4O4/c34-33(35,36)25-11-6-10-23(16-25)19-37-20-29(41)27(17-22-8-2-1-3-9-22)38-31(43)24-18-28(39-15-7-14-30(39)42)32(44)40(21-24)26-12-4-5-13-26/h1-3,6,8-11,16,18,21,26-27,29,37,41H,4-5,7,12-15,17,19-20H2,(H,38,43)/p+1/t27-,29+/m0/s1. The van der Waals surface area contributed by atoms with Crippen LogP contribution in [0.5, 0.6) is 0 Å². The zero-order valence-electron chi connectivity index (χ0n) is 24.4. The second-order valence-electron chi connectivity index (χ2n) is 11.7. The Labute approximate surface area is 253 Å².